The van der Waals surface area contributed by atoms with Gasteiger partial charge in [0.2, 0.25) is 0 Å². The molecule has 0 aromatic rings. The third kappa shape index (κ3) is 6.44. The second-order valence-electron chi connectivity index (χ2n) is 14.8. The van der Waals surface area contributed by atoms with Crippen molar-refractivity contribution in [2.75, 3.05) is 39.6 Å². The average molecular weight is 561 g/mol. The smallest absolute Gasteiger partial charge is 0.334 e. The quantitative estimate of drug-likeness (QED) is 0.105. The SMILES string of the molecule is CCCCC1(CCCOC(=C(C)C(=O)O)C23CC4CC(CC(OCCCC5(CCCC)COC5)(C4)C2)C3)COC1. The van der Waals surface area contributed by atoms with Crippen molar-refractivity contribution >= 4 is 5.97 Å². The van der Waals surface area contributed by atoms with Crippen molar-refractivity contribution < 1.29 is 28.8 Å². The second-order valence-corrected chi connectivity index (χ2v) is 14.8. The lowest BCUT2D eigenvalue weighted by molar-refractivity contribution is -0.195. The van der Waals surface area contributed by atoms with Gasteiger partial charge in [0.1, 0.15) is 5.76 Å². The zero-order valence-electron chi connectivity index (χ0n) is 25.7. The molecule has 2 unspecified atom stereocenters. The predicted molar refractivity (Wildman–Crippen MR) is 156 cm³/mol. The van der Waals surface area contributed by atoms with E-state index in [2.05, 4.69) is 13.8 Å². The van der Waals surface area contributed by atoms with E-state index >= 15 is 0 Å². The van der Waals surface area contributed by atoms with E-state index in [1.165, 1.54) is 51.4 Å². The number of carboxylic acid groups (broad SMARTS) is 1. The Bertz CT molecular complexity index is 886. The van der Waals surface area contributed by atoms with Crippen LogP contribution in [-0.4, -0.2) is 56.3 Å². The van der Waals surface area contributed by atoms with E-state index in [0.29, 0.717) is 34.8 Å². The summed E-state index contributed by atoms with van der Waals surface area (Å²) < 4.78 is 24.7. The van der Waals surface area contributed by atoms with Gasteiger partial charge in [-0.05, 0) is 95.8 Å². The summed E-state index contributed by atoms with van der Waals surface area (Å²) in [5.41, 5.74) is 0.802. The van der Waals surface area contributed by atoms with Crippen molar-refractivity contribution in [3.05, 3.63) is 11.3 Å². The van der Waals surface area contributed by atoms with E-state index in [1.54, 1.807) is 6.92 Å². The van der Waals surface area contributed by atoms with E-state index in [9.17, 15) is 9.90 Å². The highest BCUT2D eigenvalue weighted by Crippen LogP contribution is 2.65. The van der Waals surface area contributed by atoms with Gasteiger partial charge in [-0.1, -0.05) is 39.5 Å². The average Bonchev–Trinajstić information content (AvgIpc) is 2.87. The fourth-order valence-corrected chi connectivity index (χ4v) is 9.44. The van der Waals surface area contributed by atoms with Gasteiger partial charge < -0.3 is 24.1 Å². The number of carbonyl (C=O) groups is 1. The first-order valence-corrected chi connectivity index (χ1v) is 16.6. The molecule has 6 fully saturated rings. The first-order chi connectivity index (χ1) is 19.3. The molecule has 4 aliphatic carbocycles. The first-order valence-electron chi connectivity index (χ1n) is 16.6. The normalized spacial score (nSPS) is 33.7. The fourth-order valence-electron chi connectivity index (χ4n) is 9.44. The van der Waals surface area contributed by atoms with Crippen LogP contribution >= 0.6 is 0 Å². The molecule has 0 amide bonds. The zero-order valence-corrected chi connectivity index (χ0v) is 25.7. The zero-order chi connectivity index (χ0) is 28.3. The largest absolute Gasteiger partial charge is 0.497 e. The maximum atomic E-state index is 12.3. The molecule has 4 saturated carbocycles. The van der Waals surface area contributed by atoms with Gasteiger partial charge in [-0.2, -0.15) is 0 Å². The van der Waals surface area contributed by atoms with Gasteiger partial charge in [0.25, 0.3) is 0 Å². The highest BCUT2D eigenvalue weighted by Gasteiger charge is 2.61. The molecule has 40 heavy (non-hydrogen) atoms. The molecule has 0 aromatic carbocycles. The Balaban J connectivity index is 1.21. The summed E-state index contributed by atoms with van der Waals surface area (Å²) in [6.07, 6.45) is 18.4. The van der Waals surface area contributed by atoms with E-state index in [1.807, 2.05) is 0 Å². The predicted octanol–water partition coefficient (Wildman–Crippen LogP) is 7.69. The van der Waals surface area contributed by atoms with Crippen molar-refractivity contribution in [2.45, 2.75) is 129 Å². The van der Waals surface area contributed by atoms with Gasteiger partial charge in [0.15, 0.2) is 0 Å². The molecule has 2 heterocycles. The topological polar surface area (TPSA) is 74.2 Å². The number of allylic oxidation sites excluding steroid dienone is 1. The van der Waals surface area contributed by atoms with Gasteiger partial charge in [0.05, 0.1) is 44.2 Å². The standard InChI is InChI=1S/C34H56O6/c1-4-6-10-31(22-37-23-31)12-8-14-39-29(26(3)30(35)36)33-17-27-16-28(18-33)20-34(19-27,21-33)40-15-9-13-32(11-7-5-2)24-38-25-32/h27-28H,4-25H2,1-3H3,(H,35,36). The van der Waals surface area contributed by atoms with E-state index in [0.717, 1.165) is 90.2 Å². The Morgan fingerprint density at radius 1 is 0.800 bits per heavy atom. The molecule has 228 valence electrons. The van der Waals surface area contributed by atoms with Crippen molar-refractivity contribution in [3.63, 3.8) is 0 Å². The third-order valence-electron chi connectivity index (χ3n) is 11.3. The summed E-state index contributed by atoms with van der Waals surface area (Å²) in [5.74, 6) is 1.16. The van der Waals surface area contributed by atoms with Crippen molar-refractivity contribution in [1.82, 2.24) is 0 Å². The highest BCUT2D eigenvalue weighted by atomic mass is 16.5. The van der Waals surface area contributed by atoms with Gasteiger partial charge in [-0.25, -0.2) is 4.79 Å². The van der Waals surface area contributed by atoms with Crippen molar-refractivity contribution in [1.29, 1.82) is 0 Å². The van der Waals surface area contributed by atoms with E-state index in [4.69, 9.17) is 18.9 Å². The summed E-state index contributed by atoms with van der Waals surface area (Å²) in [6, 6.07) is 0. The van der Waals surface area contributed by atoms with Gasteiger partial charge >= 0.3 is 5.97 Å². The number of unbranched alkanes of at least 4 members (excludes halogenated alkanes) is 2. The molecular weight excluding hydrogens is 504 g/mol. The molecule has 1 N–H and O–H groups in total. The monoisotopic (exact) mass is 560 g/mol. The molecule has 2 atom stereocenters. The van der Waals surface area contributed by atoms with Crippen LogP contribution in [0.3, 0.4) is 0 Å². The van der Waals surface area contributed by atoms with Gasteiger partial charge in [0, 0.05) is 22.9 Å². The number of ether oxygens (including phenoxy) is 4. The number of carboxylic acids is 1. The van der Waals surface area contributed by atoms with Crippen LogP contribution in [0.25, 0.3) is 0 Å². The molecule has 6 rings (SSSR count). The Morgan fingerprint density at radius 3 is 1.80 bits per heavy atom. The number of hydrogen-bond acceptors (Lipinski definition) is 5. The summed E-state index contributed by atoms with van der Waals surface area (Å²) in [7, 11) is 0. The van der Waals surface area contributed by atoms with Crippen molar-refractivity contribution in [3.8, 4) is 0 Å². The van der Waals surface area contributed by atoms with Crippen LogP contribution in [0.2, 0.25) is 0 Å². The number of aliphatic carboxylic acids is 1. The Hall–Kier alpha value is -1.11. The minimum atomic E-state index is -0.840. The summed E-state index contributed by atoms with van der Waals surface area (Å²) in [6.45, 7) is 11.2. The molecular formula is C34H56O6. The van der Waals surface area contributed by atoms with Crippen molar-refractivity contribution in [2.24, 2.45) is 28.1 Å². The first kappa shape index (κ1) is 30.4. The molecule has 6 aliphatic rings. The molecule has 0 aromatic heterocycles. The van der Waals surface area contributed by atoms with E-state index in [-0.39, 0.29) is 11.0 Å². The fraction of sp³-hybridized carbons (Fsp3) is 0.912. The molecule has 2 aliphatic heterocycles. The maximum absolute atomic E-state index is 12.3. The minimum Gasteiger partial charge on any atom is -0.497 e. The van der Waals surface area contributed by atoms with Crippen LogP contribution in [0, 0.1) is 28.1 Å². The molecule has 6 nitrogen and oxygen atoms in total. The lowest BCUT2D eigenvalue weighted by Gasteiger charge is -2.62. The summed E-state index contributed by atoms with van der Waals surface area (Å²) in [5, 5.41) is 10.1. The Morgan fingerprint density at radius 2 is 1.32 bits per heavy atom. The Labute approximate surface area is 242 Å². The summed E-state index contributed by atoms with van der Waals surface area (Å²) >= 11 is 0. The third-order valence-corrected chi connectivity index (χ3v) is 11.3. The van der Waals surface area contributed by atoms with Crippen LogP contribution in [0.15, 0.2) is 11.3 Å². The molecule has 6 heteroatoms. The number of hydrogen-bond donors (Lipinski definition) is 1. The lowest BCUT2D eigenvalue weighted by Crippen LogP contribution is -2.58. The molecule has 0 radical (unpaired) electrons. The molecule has 2 saturated heterocycles. The van der Waals surface area contributed by atoms with Crippen LogP contribution < -0.4 is 0 Å². The summed E-state index contributed by atoms with van der Waals surface area (Å²) in [4.78, 5) is 12.3. The second kappa shape index (κ2) is 12.6. The van der Waals surface area contributed by atoms with E-state index < -0.39 is 5.97 Å². The van der Waals surface area contributed by atoms with Crippen LogP contribution in [-0.2, 0) is 23.7 Å². The van der Waals surface area contributed by atoms with Gasteiger partial charge in [-0.3, -0.25) is 0 Å². The maximum Gasteiger partial charge on any atom is 0.334 e. The van der Waals surface area contributed by atoms with Gasteiger partial charge in [-0.15, -0.1) is 0 Å². The molecule has 4 bridgehead atoms. The van der Waals surface area contributed by atoms with Crippen LogP contribution in [0.5, 0.6) is 0 Å². The van der Waals surface area contributed by atoms with Crippen LogP contribution in [0.1, 0.15) is 124 Å². The minimum absolute atomic E-state index is 0.113. The highest BCUT2D eigenvalue weighted by molar-refractivity contribution is 5.86. The van der Waals surface area contributed by atoms with Crippen LogP contribution in [0.4, 0.5) is 0 Å². The molecule has 0 spiro atoms. The number of rotatable bonds is 18. The Kier molecular flexibility index (Phi) is 9.58. The lowest BCUT2D eigenvalue weighted by atomic mass is 9.47.